The van der Waals surface area contributed by atoms with Crippen LogP contribution in [0.5, 0.6) is 0 Å². The number of rotatable bonds is 3. The van der Waals surface area contributed by atoms with E-state index in [4.69, 9.17) is 0 Å². The lowest BCUT2D eigenvalue weighted by atomic mass is 10.1. The summed E-state index contributed by atoms with van der Waals surface area (Å²) in [6, 6.07) is 0. The van der Waals surface area contributed by atoms with Crippen LogP contribution in [0.2, 0.25) is 0 Å². The molecule has 0 aromatic rings. The lowest BCUT2D eigenvalue weighted by Crippen LogP contribution is -2.45. The Labute approximate surface area is 93.2 Å². The molecule has 1 aliphatic heterocycles. The highest BCUT2D eigenvalue weighted by Gasteiger charge is 2.17. The van der Waals surface area contributed by atoms with Gasteiger partial charge in [-0.1, -0.05) is 19.1 Å². The van der Waals surface area contributed by atoms with Crippen molar-refractivity contribution in [2.75, 3.05) is 32.7 Å². The largest absolute Gasteiger partial charge is 0.369 e. The Morgan fingerprint density at radius 2 is 1.93 bits per heavy atom. The van der Waals surface area contributed by atoms with Gasteiger partial charge in [-0.15, -0.1) is 0 Å². The van der Waals surface area contributed by atoms with E-state index in [1.807, 2.05) is 0 Å². The molecule has 2 nitrogen and oxygen atoms in total. The van der Waals surface area contributed by atoms with Gasteiger partial charge in [-0.25, -0.2) is 0 Å². The minimum Gasteiger partial charge on any atom is -0.369 e. The van der Waals surface area contributed by atoms with E-state index in [9.17, 15) is 0 Å². The van der Waals surface area contributed by atoms with Gasteiger partial charge in [0.05, 0.1) is 0 Å². The van der Waals surface area contributed by atoms with Crippen molar-refractivity contribution in [3.05, 3.63) is 23.9 Å². The summed E-state index contributed by atoms with van der Waals surface area (Å²) in [5, 5.41) is 0. The van der Waals surface area contributed by atoms with Gasteiger partial charge in [-0.2, -0.15) is 0 Å². The molecule has 15 heavy (non-hydrogen) atoms. The van der Waals surface area contributed by atoms with Crippen LogP contribution < -0.4 is 0 Å². The highest BCUT2D eigenvalue weighted by atomic mass is 15.3. The summed E-state index contributed by atoms with van der Waals surface area (Å²) < 4.78 is 0. The van der Waals surface area contributed by atoms with Crippen LogP contribution in [0.1, 0.15) is 26.2 Å². The van der Waals surface area contributed by atoms with E-state index in [0.717, 1.165) is 0 Å². The van der Waals surface area contributed by atoms with Gasteiger partial charge in [0.2, 0.25) is 0 Å². The Balaban J connectivity index is 1.82. The van der Waals surface area contributed by atoms with Gasteiger partial charge in [0.15, 0.2) is 0 Å². The summed E-state index contributed by atoms with van der Waals surface area (Å²) in [5.74, 6) is 0. The molecule has 0 N–H and O–H groups in total. The number of allylic oxidation sites excluding steroid dienone is 3. The summed E-state index contributed by atoms with van der Waals surface area (Å²) >= 11 is 0. The normalized spacial score (nSPS) is 23.0. The van der Waals surface area contributed by atoms with Crippen LogP contribution >= 0.6 is 0 Å². The van der Waals surface area contributed by atoms with Gasteiger partial charge in [-0.3, -0.25) is 4.90 Å². The fraction of sp³-hybridized carbons (Fsp3) is 0.692. The highest BCUT2D eigenvalue weighted by molar-refractivity contribution is 5.21. The van der Waals surface area contributed by atoms with Crippen LogP contribution in [0.15, 0.2) is 23.9 Å². The molecule has 2 heteroatoms. The van der Waals surface area contributed by atoms with Gasteiger partial charge in [-0.05, 0) is 31.9 Å². The zero-order valence-corrected chi connectivity index (χ0v) is 9.78. The Morgan fingerprint density at radius 1 is 1.13 bits per heavy atom. The van der Waals surface area contributed by atoms with Crippen molar-refractivity contribution in [3.8, 4) is 0 Å². The third kappa shape index (κ3) is 2.85. The van der Waals surface area contributed by atoms with E-state index in [0.29, 0.717) is 0 Å². The number of piperazine rings is 1. The Bertz CT molecular complexity index is 247. The van der Waals surface area contributed by atoms with E-state index in [1.165, 1.54) is 57.7 Å². The fourth-order valence-electron chi connectivity index (χ4n) is 2.38. The van der Waals surface area contributed by atoms with E-state index in [2.05, 4.69) is 35.0 Å². The summed E-state index contributed by atoms with van der Waals surface area (Å²) in [5.41, 5.74) is 1.46. The zero-order valence-electron chi connectivity index (χ0n) is 9.78. The molecule has 1 aliphatic carbocycles. The molecule has 0 saturated carbocycles. The second-order valence-corrected chi connectivity index (χ2v) is 4.44. The zero-order chi connectivity index (χ0) is 10.5. The summed E-state index contributed by atoms with van der Waals surface area (Å²) in [6.45, 7) is 8.41. The molecule has 2 aliphatic rings. The molecular formula is C13H22N2. The number of hydrogen-bond acceptors (Lipinski definition) is 2. The maximum atomic E-state index is 2.57. The number of nitrogens with zero attached hydrogens (tertiary/aromatic N) is 2. The van der Waals surface area contributed by atoms with Crippen LogP contribution in [0.25, 0.3) is 0 Å². The van der Waals surface area contributed by atoms with Crippen molar-refractivity contribution in [3.63, 3.8) is 0 Å². The number of hydrogen-bond donors (Lipinski definition) is 0. The first-order valence-electron chi connectivity index (χ1n) is 6.24. The summed E-state index contributed by atoms with van der Waals surface area (Å²) in [4.78, 5) is 5.10. The van der Waals surface area contributed by atoms with Gasteiger partial charge in [0.1, 0.15) is 0 Å². The molecule has 0 aromatic carbocycles. The first kappa shape index (κ1) is 10.7. The third-order valence-electron chi connectivity index (χ3n) is 3.25. The SMILES string of the molecule is CCCN1CCN(C2=CCCC=C2)CC1. The molecule has 1 heterocycles. The second kappa shape index (κ2) is 5.36. The molecule has 0 spiro atoms. The van der Waals surface area contributed by atoms with E-state index in [-0.39, 0.29) is 0 Å². The fourth-order valence-corrected chi connectivity index (χ4v) is 2.38. The molecule has 1 fully saturated rings. The summed E-state index contributed by atoms with van der Waals surface area (Å²) in [6.07, 6.45) is 10.7. The lowest BCUT2D eigenvalue weighted by Gasteiger charge is -2.37. The highest BCUT2D eigenvalue weighted by Crippen LogP contribution is 2.16. The minimum atomic E-state index is 1.20. The van der Waals surface area contributed by atoms with Crippen LogP contribution in [0.3, 0.4) is 0 Å². The molecule has 0 unspecified atom stereocenters. The molecule has 1 saturated heterocycles. The van der Waals surface area contributed by atoms with Crippen LogP contribution in [0.4, 0.5) is 0 Å². The molecule has 2 rings (SSSR count). The first-order chi connectivity index (χ1) is 7.40. The second-order valence-electron chi connectivity index (χ2n) is 4.44. The first-order valence-corrected chi connectivity index (χ1v) is 6.24. The quantitative estimate of drug-likeness (QED) is 0.699. The molecule has 0 amide bonds. The Kier molecular flexibility index (Phi) is 3.84. The van der Waals surface area contributed by atoms with Crippen LogP contribution in [0, 0.1) is 0 Å². The topological polar surface area (TPSA) is 6.48 Å². The van der Waals surface area contributed by atoms with Crippen molar-refractivity contribution < 1.29 is 0 Å². The summed E-state index contributed by atoms with van der Waals surface area (Å²) in [7, 11) is 0. The van der Waals surface area contributed by atoms with Crippen molar-refractivity contribution in [2.24, 2.45) is 0 Å². The molecule has 0 radical (unpaired) electrons. The Hall–Kier alpha value is -0.760. The average Bonchev–Trinajstić information content (AvgIpc) is 2.32. The Morgan fingerprint density at radius 3 is 2.53 bits per heavy atom. The van der Waals surface area contributed by atoms with Crippen LogP contribution in [-0.2, 0) is 0 Å². The van der Waals surface area contributed by atoms with Crippen molar-refractivity contribution in [1.82, 2.24) is 9.80 Å². The standard InChI is InChI=1S/C13H22N2/c1-2-8-14-9-11-15(12-10-14)13-6-4-3-5-7-13/h4,6-7H,2-3,5,8-12H2,1H3. The van der Waals surface area contributed by atoms with Gasteiger partial charge >= 0.3 is 0 Å². The molecule has 0 atom stereocenters. The molecule has 84 valence electrons. The lowest BCUT2D eigenvalue weighted by molar-refractivity contribution is 0.161. The maximum absolute atomic E-state index is 2.57. The van der Waals surface area contributed by atoms with E-state index >= 15 is 0 Å². The monoisotopic (exact) mass is 206 g/mol. The molecule has 0 aromatic heterocycles. The van der Waals surface area contributed by atoms with Gasteiger partial charge < -0.3 is 4.90 Å². The molecule has 0 bridgehead atoms. The third-order valence-corrected chi connectivity index (χ3v) is 3.25. The van der Waals surface area contributed by atoms with Crippen molar-refractivity contribution in [2.45, 2.75) is 26.2 Å². The maximum Gasteiger partial charge on any atom is 0.0323 e. The van der Waals surface area contributed by atoms with Gasteiger partial charge in [0.25, 0.3) is 0 Å². The van der Waals surface area contributed by atoms with Gasteiger partial charge in [0, 0.05) is 31.9 Å². The van der Waals surface area contributed by atoms with Crippen molar-refractivity contribution in [1.29, 1.82) is 0 Å². The predicted octanol–water partition coefficient (Wildman–Crippen LogP) is 2.25. The average molecular weight is 206 g/mol. The minimum absolute atomic E-state index is 1.20. The molecular weight excluding hydrogens is 184 g/mol. The predicted molar refractivity (Wildman–Crippen MR) is 64.8 cm³/mol. The smallest absolute Gasteiger partial charge is 0.0323 e. The van der Waals surface area contributed by atoms with Crippen molar-refractivity contribution >= 4 is 0 Å². The van der Waals surface area contributed by atoms with Crippen LogP contribution in [-0.4, -0.2) is 42.5 Å². The van der Waals surface area contributed by atoms with E-state index < -0.39 is 0 Å². The van der Waals surface area contributed by atoms with E-state index in [1.54, 1.807) is 0 Å².